The zero-order valence-electron chi connectivity index (χ0n) is 19.3. The Morgan fingerprint density at radius 1 is 0.909 bits per heavy atom. The van der Waals surface area contributed by atoms with Crippen LogP contribution in [-0.2, 0) is 6.42 Å². The molecule has 1 aliphatic heterocycles. The maximum Gasteiger partial charge on any atom is 0.253 e. The molecule has 0 aliphatic carbocycles. The number of hydrogen-bond acceptors (Lipinski definition) is 5. The summed E-state index contributed by atoms with van der Waals surface area (Å²) in [5.74, 6) is 1.80. The van der Waals surface area contributed by atoms with Gasteiger partial charge in [0.25, 0.3) is 5.91 Å². The van der Waals surface area contributed by atoms with Gasteiger partial charge >= 0.3 is 0 Å². The first-order valence-corrected chi connectivity index (χ1v) is 11.5. The molecule has 1 saturated heterocycles. The number of carbonyl (C=O) groups excluding carboxylic acids is 1. The van der Waals surface area contributed by atoms with Gasteiger partial charge in [-0.25, -0.2) is 14.6 Å². The van der Waals surface area contributed by atoms with Crippen molar-refractivity contribution in [1.29, 1.82) is 0 Å². The van der Waals surface area contributed by atoms with Crippen LogP contribution in [0.1, 0.15) is 34.4 Å². The van der Waals surface area contributed by atoms with E-state index in [0.29, 0.717) is 13.1 Å². The topological polar surface area (TPSA) is 67.2 Å². The van der Waals surface area contributed by atoms with Gasteiger partial charge in [-0.05, 0) is 38.1 Å². The summed E-state index contributed by atoms with van der Waals surface area (Å²) in [7, 11) is 0. The molecule has 0 saturated carbocycles. The Balaban J connectivity index is 1.45. The number of aryl methyl sites for hydroxylation is 3. The van der Waals surface area contributed by atoms with Gasteiger partial charge in [-0.2, -0.15) is 5.10 Å². The summed E-state index contributed by atoms with van der Waals surface area (Å²) < 4.78 is 1.91. The lowest BCUT2D eigenvalue weighted by molar-refractivity contribution is 0.0746. The van der Waals surface area contributed by atoms with E-state index in [0.717, 1.165) is 64.7 Å². The molecule has 4 aromatic rings. The first kappa shape index (κ1) is 21.1. The third-order valence-corrected chi connectivity index (χ3v) is 6.21. The van der Waals surface area contributed by atoms with Crippen molar-refractivity contribution in [1.82, 2.24) is 24.6 Å². The van der Waals surface area contributed by atoms with Crippen LogP contribution in [0.15, 0.2) is 54.6 Å². The third kappa shape index (κ3) is 3.95. The van der Waals surface area contributed by atoms with Gasteiger partial charge < -0.3 is 9.80 Å². The van der Waals surface area contributed by atoms with Gasteiger partial charge in [0.15, 0.2) is 5.65 Å². The number of aromatic nitrogens is 4. The van der Waals surface area contributed by atoms with E-state index < -0.39 is 0 Å². The molecular weight excluding hydrogens is 412 g/mol. The van der Waals surface area contributed by atoms with Crippen molar-refractivity contribution in [3.05, 3.63) is 77.2 Å². The Kier molecular flexibility index (Phi) is 5.54. The zero-order chi connectivity index (χ0) is 22.9. The Morgan fingerprint density at radius 3 is 2.27 bits per heavy atom. The van der Waals surface area contributed by atoms with Crippen LogP contribution in [0.5, 0.6) is 0 Å². The van der Waals surface area contributed by atoms with Gasteiger partial charge in [-0.3, -0.25) is 4.79 Å². The normalized spacial score (nSPS) is 14.2. The lowest BCUT2D eigenvalue weighted by atomic mass is 10.1. The van der Waals surface area contributed by atoms with Crippen molar-refractivity contribution in [3.63, 3.8) is 0 Å². The van der Waals surface area contributed by atoms with Gasteiger partial charge in [0.05, 0.1) is 16.8 Å². The second-order valence-corrected chi connectivity index (χ2v) is 8.49. The van der Waals surface area contributed by atoms with Crippen molar-refractivity contribution in [2.45, 2.75) is 27.2 Å². The van der Waals surface area contributed by atoms with Crippen LogP contribution in [0.4, 0.5) is 5.82 Å². The monoisotopic (exact) mass is 440 g/mol. The molecule has 7 heteroatoms. The molecule has 5 rings (SSSR count). The fourth-order valence-corrected chi connectivity index (χ4v) is 4.34. The molecule has 0 spiro atoms. The van der Waals surface area contributed by atoms with Gasteiger partial charge in [0.1, 0.15) is 11.6 Å². The Labute approximate surface area is 193 Å². The number of hydrogen-bond donors (Lipinski definition) is 0. The van der Waals surface area contributed by atoms with Crippen LogP contribution < -0.4 is 4.90 Å². The minimum absolute atomic E-state index is 0.0878. The lowest BCUT2D eigenvalue weighted by Gasteiger charge is -2.35. The van der Waals surface area contributed by atoms with E-state index in [4.69, 9.17) is 15.1 Å². The van der Waals surface area contributed by atoms with Crippen molar-refractivity contribution in [2.24, 2.45) is 0 Å². The van der Waals surface area contributed by atoms with Crippen LogP contribution in [0.2, 0.25) is 0 Å². The standard InChI is InChI=1S/C26H28N6O/c1-4-22-27-24(23-19(3)29-32(25(23)28-22)21-8-6-5-7-9-21)30-14-16-31(17-15-30)26(33)20-12-10-18(2)11-13-20/h5-13H,4,14-17H2,1-3H3. The number of anilines is 1. The van der Waals surface area contributed by atoms with Crippen LogP contribution in [0, 0.1) is 13.8 Å². The van der Waals surface area contributed by atoms with E-state index in [1.807, 2.05) is 78.0 Å². The molecule has 2 aromatic heterocycles. The molecule has 0 N–H and O–H groups in total. The highest BCUT2D eigenvalue weighted by atomic mass is 16.2. The molecule has 0 unspecified atom stereocenters. The molecule has 2 aromatic carbocycles. The largest absolute Gasteiger partial charge is 0.352 e. The van der Waals surface area contributed by atoms with E-state index >= 15 is 0 Å². The van der Waals surface area contributed by atoms with E-state index in [-0.39, 0.29) is 5.91 Å². The molecule has 33 heavy (non-hydrogen) atoms. The van der Waals surface area contributed by atoms with Crippen molar-refractivity contribution in [3.8, 4) is 5.69 Å². The Morgan fingerprint density at radius 2 is 1.61 bits per heavy atom. The molecule has 0 atom stereocenters. The van der Waals surface area contributed by atoms with Crippen molar-refractivity contribution >= 4 is 22.8 Å². The predicted octanol–water partition coefficient (Wildman–Crippen LogP) is 3.96. The number of amides is 1. The highest BCUT2D eigenvalue weighted by Crippen LogP contribution is 2.30. The first-order valence-electron chi connectivity index (χ1n) is 11.5. The zero-order valence-corrected chi connectivity index (χ0v) is 19.3. The SMILES string of the molecule is CCc1nc(N2CCN(C(=O)c3ccc(C)cc3)CC2)c2c(C)nn(-c3ccccc3)c2n1. The van der Waals surface area contributed by atoms with E-state index in [9.17, 15) is 4.79 Å². The second-order valence-electron chi connectivity index (χ2n) is 8.49. The van der Waals surface area contributed by atoms with Crippen molar-refractivity contribution in [2.75, 3.05) is 31.1 Å². The minimum Gasteiger partial charge on any atom is -0.352 e. The summed E-state index contributed by atoms with van der Waals surface area (Å²) in [6, 6.07) is 17.9. The summed E-state index contributed by atoms with van der Waals surface area (Å²) in [6.45, 7) is 8.88. The van der Waals surface area contributed by atoms with E-state index in [1.165, 1.54) is 0 Å². The molecule has 1 amide bonds. The van der Waals surface area contributed by atoms with Gasteiger partial charge in [-0.15, -0.1) is 0 Å². The molecule has 7 nitrogen and oxygen atoms in total. The summed E-state index contributed by atoms with van der Waals surface area (Å²) >= 11 is 0. The van der Waals surface area contributed by atoms with Gasteiger partial charge in [-0.1, -0.05) is 42.8 Å². The van der Waals surface area contributed by atoms with Crippen LogP contribution in [-0.4, -0.2) is 56.7 Å². The highest BCUT2D eigenvalue weighted by Gasteiger charge is 2.26. The average molecular weight is 441 g/mol. The van der Waals surface area contributed by atoms with Gasteiger partial charge in [0, 0.05) is 38.2 Å². The third-order valence-electron chi connectivity index (χ3n) is 6.21. The fourth-order valence-electron chi connectivity index (χ4n) is 4.34. The predicted molar refractivity (Wildman–Crippen MR) is 130 cm³/mol. The molecular formula is C26H28N6O. The number of para-hydroxylation sites is 1. The number of rotatable bonds is 4. The number of piperazine rings is 1. The Bertz CT molecular complexity index is 1290. The summed E-state index contributed by atoms with van der Waals surface area (Å²) in [6.07, 6.45) is 0.744. The number of fused-ring (bicyclic) bond motifs is 1. The molecule has 1 fully saturated rings. The molecule has 1 aliphatic rings. The van der Waals surface area contributed by atoms with E-state index in [2.05, 4.69) is 11.8 Å². The second kappa shape index (κ2) is 8.65. The maximum atomic E-state index is 12.9. The lowest BCUT2D eigenvalue weighted by Crippen LogP contribution is -2.49. The molecule has 168 valence electrons. The van der Waals surface area contributed by atoms with Crippen LogP contribution in [0.3, 0.4) is 0 Å². The fraction of sp³-hybridized carbons (Fsp3) is 0.308. The maximum absolute atomic E-state index is 12.9. The van der Waals surface area contributed by atoms with Crippen LogP contribution >= 0.6 is 0 Å². The summed E-state index contributed by atoms with van der Waals surface area (Å²) in [4.78, 5) is 26.9. The van der Waals surface area contributed by atoms with Crippen molar-refractivity contribution < 1.29 is 4.79 Å². The molecule has 3 heterocycles. The smallest absolute Gasteiger partial charge is 0.253 e. The van der Waals surface area contributed by atoms with Crippen LogP contribution in [0.25, 0.3) is 16.7 Å². The first-order chi connectivity index (χ1) is 16.0. The summed E-state index contributed by atoms with van der Waals surface area (Å²) in [5, 5.41) is 5.78. The molecule has 0 radical (unpaired) electrons. The van der Waals surface area contributed by atoms with E-state index in [1.54, 1.807) is 0 Å². The Hall–Kier alpha value is -3.74. The van der Waals surface area contributed by atoms with Gasteiger partial charge in [0.2, 0.25) is 0 Å². The minimum atomic E-state index is 0.0878. The quantitative estimate of drug-likeness (QED) is 0.481. The summed E-state index contributed by atoms with van der Waals surface area (Å²) in [5.41, 5.74) is 4.62. The number of nitrogens with zero attached hydrogens (tertiary/aromatic N) is 6. The molecule has 0 bridgehead atoms. The number of benzene rings is 2. The highest BCUT2D eigenvalue weighted by molar-refractivity contribution is 5.95. The average Bonchev–Trinajstić information content (AvgIpc) is 3.20. The number of carbonyl (C=O) groups is 1.